The predicted molar refractivity (Wildman–Crippen MR) is 45.5 cm³/mol. The van der Waals surface area contributed by atoms with Crippen LogP contribution in [0, 0.1) is 17.3 Å². The van der Waals surface area contributed by atoms with Crippen LogP contribution in [0.25, 0.3) is 0 Å². The quantitative estimate of drug-likeness (QED) is 0.543. The summed E-state index contributed by atoms with van der Waals surface area (Å²) in [5.41, 5.74) is -0.378. The van der Waals surface area contributed by atoms with E-state index in [1.54, 1.807) is 0 Å². The monoisotopic (exact) mass is 166 g/mol. The molecule has 1 saturated heterocycles. The van der Waals surface area contributed by atoms with Gasteiger partial charge in [0.1, 0.15) is 5.60 Å². The van der Waals surface area contributed by atoms with Crippen LogP contribution >= 0.6 is 0 Å². The van der Waals surface area contributed by atoms with E-state index in [2.05, 4.69) is 11.8 Å². The maximum atomic E-state index is 9.81. The average molecular weight is 166 g/mol. The van der Waals surface area contributed by atoms with Gasteiger partial charge in [-0.25, -0.2) is 0 Å². The summed E-state index contributed by atoms with van der Waals surface area (Å²) in [6.07, 6.45) is 2.45. The van der Waals surface area contributed by atoms with Crippen molar-refractivity contribution in [2.45, 2.75) is 31.8 Å². The molecule has 0 aromatic carbocycles. The van der Waals surface area contributed by atoms with Crippen molar-refractivity contribution in [1.82, 2.24) is 0 Å². The predicted octanol–water partition coefficient (Wildman–Crippen LogP) is 0.941. The number of hydrogen-bond acceptors (Lipinski definition) is 2. The summed E-state index contributed by atoms with van der Waals surface area (Å²) < 4.78 is 5.12. The van der Waals surface area contributed by atoms with Gasteiger partial charge in [0, 0.05) is 11.8 Å². The Morgan fingerprint density at radius 3 is 2.50 bits per heavy atom. The highest BCUT2D eigenvalue weighted by molar-refractivity contribution is 5.23. The Kier molecular flexibility index (Phi) is 1.67. The minimum atomic E-state index is -0.681. The van der Waals surface area contributed by atoms with Crippen LogP contribution in [0.15, 0.2) is 0 Å². The van der Waals surface area contributed by atoms with Crippen LogP contribution in [-0.4, -0.2) is 23.9 Å². The van der Waals surface area contributed by atoms with Crippen LogP contribution in [0.3, 0.4) is 0 Å². The number of rotatable bonds is 0. The first-order valence-corrected chi connectivity index (χ1v) is 4.48. The van der Waals surface area contributed by atoms with Crippen molar-refractivity contribution in [2.75, 3.05) is 13.2 Å². The van der Waals surface area contributed by atoms with E-state index in [4.69, 9.17) is 4.74 Å². The molecule has 0 bridgehead atoms. The highest BCUT2D eigenvalue weighted by atomic mass is 16.5. The lowest BCUT2D eigenvalue weighted by molar-refractivity contribution is -0.219. The van der Waals surface area contributed by atoms with E-state index in [0.717, 1.165) is 32.5 Å². The largest absolute Gasteiger partial charge is 0.380 e. The third-order valence-corrected chi connectivity index (χ3v) is 2.65. The maximum Gasteiger partial charge on any atom is 0.126 e. The molecule has 1 spiro atoms. The van der Waals surface area contributed by atoms with Gasteiger partial charge in [0.15, 0.2) is 0 Å². The van der Waals surface area contributed by atoms with E-state index in [-0.39, 0.29) is 0 Å². The summed E-state index contributed by atoms with van der Waals surface area (Å²) in [5.74, 6) is 5.85. The molecule has 1 N–H and O–H groups in total. The second-order valence-electron chi connectivity index (χ2n) is 4.03. The summed E-state index contributed by atoms with van der Waals surface area (Å²) in [5, 5.41) is 9.81. The molecule has 2 fully saturated rings. The minimum Gasteiger partial charge on any atom is -0.380 e. The number of ether oxygens (including phenoxy) is 1. The molecule has 12 heavy (non-hydrogen) atoms. The van der Waals surface area contributed by atoms with Gasteiger partial charge in [-0.05, 0) is 12.8 Å². The topological polar surface area (TPSA) is 29.5 Å². The van der Waals surface area contributed by atoms with Crippen LogP contribution in [-0.2, 0) is 4.74 Å². The SMILES string of the molecule is CCC#CC1(O)CC2(COC2)C1. The van der Waals surface area contributed by atoms with Gasteiger partial charge in [-0.15, -0.1) is 5.92 Å². The molecule has 1 aliphatic heterocycles. The van der Waals surface area contributed by atoms with Crippen molar-refractivity contribution in [1.29, 1.82) is 0 Å². The zero-order valence-corrected chi connectivity index (χ0v) is 7.39. The zero-order valence-electron chi connectivity index (χ0n) is 7.39. The maximum absolute atomic E-state index is 9.81. The Morgan fingerprint density at radius 1 is 1.42 bits per heavy atom. The highest BCUT2D eigenvalue weighted by Gasteiger charge is 2.57. The van der Waals surface area contributed by atoms with Crippen molar-refractivity contribution in [3.8, 4) is 11.8 Å². The van der Waals surface area contributed by atoms with E-state index in [1.165, 1.54) is 0 Å². The molecular formula is C10H14O2. The van der Waals surface area contributed by atoms with Gasteiger partial charge in [-0.3, -0.25) is 0 Å². The van der Waals surface area contributed by atoms with Gasteiger partial charge in [0.25, 0.3) is 0 Å². The van der Waals surface area contributed by atoms with Crippen molar-refractivity contribution in [3.05, 3.63) is 0 Å². The van der Waals surface area contributed by atoms with Crippen LogP contribution < -0.4 is 0 Å². The molecule has 0 atom stereocenters. The lowest BCUT2D eigenvalue weighted by Crippen LogP contribution is -2.60. The molecule has 1 heterocycles. The van der Waals surface area contributed by atoms with Crippen molar-refractivity contribution in [3.63, 3.8) is 0 Å². The second kappa shape index (κ2) is 2.48. The Balaban J connectivity index is 1.92. The fourth-order valence-corrected chi connectivity index (χ4v) is 2.13. The third kappa shape index (κ3) is 1.14. The van der Waals surface area contributed by atoms with Crippen molar-refractivity contribution < 1.29 is 9.84 Å². The van der Waals surface area contributed by atoms with Crippen molar-refractivity contribution >= 4 is 0 Å². The van der Waals surface area contributed by atoms with Crippen molar-refractivity contribution in [2.24, 2.45) is 5.41 Å². The highest BCUT2D eigenvalue weighted by Crippen LogP contribution is 2.52. The molecule has 2 aliphatic rings. The van der Waals surface area contributed by atoms with E-state index in [9.17, 15) is 5.11 Å². The van der Waals surface area contributed by atoms with Crippen LogP contribution in [0.1, 0.15) is 26.2 Å². The molecule has 66 valence electrons. The lowest BCUT2D eigenvalue weighted by Gasteiger charge is -2.55. The molecular weight excluding hydrogens is 152 g/mol. The van der Waals surface area contributed by atoms with Crippen LogP contribution in [0.5, 0.6) is 0 Å². The van der Waals surface area contributed by atoms with Crippen LogP contribution in [0.2, 0.25) is 0 Å². The first-order valence-electron chi connectivity index (χ1n) is 4.48. The van der Waals surface area contributed by atoms with Crippen LogP contribution in [0.4, 0.5) is 0 Å². The molecule has 0 aromatic heterocycles. The van der Waals surface area contributed by atoms with E-state index in [1.807, 2.05) is 6.92 Å². The molecule has 1 aliphatic carbocycles. The molecule has 1 saturated carbocycles. The summed E-state index contributed by atoms with van der Waals surface area (Å²) in [7, 11) is 0. The number of aliphatic hydroxyl groups is 1. The van der Waals surface area contributed by atoms with Gasteiger partial charge in [0.05, 0.1) is 13.2 Å². The van der Waals surface area contributed by atoms with Gasteiger partial charge >= 0.3 is 0 Å². The molecule has 2 rings (SSSR count). The molecule has 2 nitrogen and oxygen atoms in total. The molecule has 0 radical (unpaired) electrons. The fourth-order valence-electron chi connectivity index (χ4n) is 2.13. The zero-order chi connectivity index (χ0) is 8.66. The van der Waals surface area contributed by atoms with Gasteiger partial charge in [-0.1, -0.05) is 12.8 Å². The fraction of sp³-hybridized carbons (Fsp3) is 0.800. The Morgan fingerprint density at radius 2 is 2.08 bits per heavy atom. The molecule has 2 heteroatoms. The van der Waals surface area contributed by atoms with E-state index < -0.39 is 5.60 Å². The Hall–Kier alpha value is -0.520. The molecule has 0 aromatic rings. The summed E-state index contributed by atoms with van der Waals surface area (Å²) in [6.45, 7) is 3.64. The number of hydrogen-bond donors (Lipinski definition) is 1. The minimum absolute atomic E-state index is 0.303. The summed E-state index contributed by atoms with van der Waals surface area (Å²) >= 11 is 0. The Bertz CT molecular complexity index is 234. The Labute approximate surface area is 72.9 Å². The lowest BCUT2D eigenvalue weighted by atomic mass is 9.58. The molecule has 0 unspecified atom stereocenters. The first-order chi connectivity index (χ1) is 5.68. The summed E-state index contributed by atoms with van der Waals surface area (Å²) in [6, 6.07) is 0. The van der Waals surface area contributed by atoms with Gasteiger partial charge in [0.2, 0.25) is 0 Å². The van der Waals surface area contributed by atoms with E-state index in [0.29, 0.717) is 5.41 Å². The molecule has 0 amide bonds. The standard InChI is InChI=1S/C10H14O2/c1-2-3-4-10(11)5-9(6-10)7-12-8-9/h11H,2,5-8H2,1H3. The van der Waals surface area contributed by atoms with Gasteiger partial charge < -0.3 is 9.84 Å². The van der Waals surface area contributed by atoms with Gasteiger partial charge in [-0.2, -0.15) is 0 Å². The average Bonchev–Trinajstić information content (AvgIpc) is 1.92. The third-order valence-electron chi connectivity index (χ3n) is 2.65. The normalized spacial score (nSPS) is 28.2. The summed E-state index contributed by atoms with van der Waals surface area (Å²) in [4.78, 5) is 0. The first kappa shape index (κ1) is 8.10. The smallest absolute Gasteiger partial charge is 0.126 e. The van der Waals surface area contributed by atoms with E-state index >= 15 is 0 Å². The second-order valence-corrected chi connectivity index (χ2v) is 4.03.